The molecule has 3 atom stereocenters. The number of aldehydes is 1. The van der Waals surface area contributed by atoms with Crippen LogP contribution >= 0.6 is 7.82 Å². The average molecular weight is 331 g/mol. The number of primary amides is 1. The Hall–Kier alpha value is -1.64. The monoisotopic (exact) mass is 331 g/mol. The van der Waals surface area contributed by atoms with Gasteiger partial charge in [0.05, 0.1) is 18.6 Å². The van der Waals surface area contributed by atoms with E-state index in [2.05, 4.69) is 4.52 Å². The highest BCUT2D eigenvalue weighted by molar-refractivity contribution is 7.46. The van der Waals surface area contributed by atoms with Crippen LogP contribution in [0.5, 0.6) is 0 Å². The van der Waals surface area contributed by atoms with Gasteiger partial charge in [0.1, 0.15) is 11.8 Å². The molecule has 1 amide bonds. The van der Waals surface area contributed by atoms with Crippen molar-refractivity contribution in [1.82, 2.24) is 0 Å². The van der Waals surface area contributed by atoms with E-state index < -0.39 is 38.6 Å². The number of rotatable bonds is 6. The third-order valence-corrected chi connectivity index (χ3v) is 3.79. The van der Waals surface area contributed by atoms with Gasteiger partial charge in [0.2, 0.25) is 0 Å². The van der Waals surface area contributed by atoms with E-state index in [-0.39, 0.29) is 5.56 Å². The zero-order chi connectivity index (χ0) is 16.3. The van der Waals surface area contributed by atoms with Gasteiger partial charge in [-0.25, -0.2) is 4.57 Å². The number of phosphoric ester groups is 1. The second-order valence-corrected chi connectivity index (χ2v) is 6.09. The molecule has 0 saturated carbocycles. The van der Waals surface area contributed by atoms with Gasteiger partial charge >= 0.3 is 7.82 Å². The normalized spacial score (nSPS) is 25.1. The van der Waals surface area contributed by atoms with Crippen molar-refractivity contribution in [3.05, 3.63) is 30.1 Å². The second kappa shape index (κ2) is 6.64. The molecule has 1 aliphatic rings. The van der Waals surface area contributed by atoms with Crippen LogP contribution in [0.15, 0.2) is 24.5 Å². The SMILES string of the molecule is NC(=O)c1ccc[n+]([C@H]2CC(C=O)[C@@H](COP(=O)(O)O)O2)c1. The molecule has 1 aliphatic heterocycles. The average Bonchev–Trinajstić information content (AvgIpc) is 2.88. The van der Waals surface area contributed by atoms with Crippen molar-refractivity contribution in [2.24, 2.45) is 11.7 Å². The van der Waals surface area contributed by atoms with Crippen molar-refractivity contribution >= 4 is 20.0 Å². The maximum atomic E-state index is 11.2. The zero-order valence-electron chi connectivity index (χ0n) is 11.4. The number of carbonyl (C=O) groups excluding carboxylic acids is 2. The summed E-state index contributed by atoms with van der Waals surface area (Å²) < 4.78 is 22.3. The molecule has 2 heterocycles. The lowest BCUT2D eigenvalue weighted by Gasteiger charge is -2.13. The Labute approximate surface area is 125 Å². The van der Waals surface area contributed by atoms with Crippen LogP contribution in [0.1, 0.15) is 23.0 Å². The smallest absolute Gasteiger partial charge is 0.365 e. The molecule has 10 heteroatoms. The first-order valence-electron chi connectivity index (χ1n) is 6.41. The molecular formula is C12H16N2O7P+. The molecule has 0 radical (unpaired) electrons. The van der Waals surface area contributed by atoms with Crippen molar-refractivity contribution in [2.45, 2.75) is 18.8 Å². The Morgan fingerprint density at radius 1 is 1.59 bits per heavy atom. The summed E-state index contributed by atoms with van der Waals surface area (Å²) in [4.78, 5) is 39.7. The van der Waals surface area contributed by atoms with Gasteiger partial charge in [-0.05, 0) is 6.07 Å². The minimum Gasteiger partial charge on any atom is -0.365 e. The fourth-order valence-electron chi connectivity index (χ4n) is 2.23. The second-order valence-electron chi connectivity index (χ2n) is 4.86. The third kappa shape index (κ3) is 4.19. The van der Waals surface area contributed by atoms with Gasteiger partial charge in [0.25, 0.3) is 12.1 Å². The van der Waals surface area contributed by atoms with Crippen molar-refractivity contribution in [3.63, 3.8) is 0 Å². The summed E-state index contributed by atoms with van der Waals surface area (Å²) in [6.45, 7) is -0.403. The van der Waals surface area contributed by atoms with E-state index in [1.165, 1.54) is 6.20 Å². The van der Waals surface area contributed by atoms with Crippen LogP contribution in [-0.2, 0) is 18.6 Å². The molecule has 1 aromatic heterocycles. The first-order valence-corrected chi connectivity index (χ1v) is 7.94. The molecule has 0 spiro atoms. The maximum Gasteiger partial charge on any atom is 0.469 e. The molecule has 22 heavy (non-hydrogen) atoms. The summed E-state index contributed by atoms with van der Waals surface area (Å²) in [6, 6.07) is 3.15. The molecule has 1 fully saturated rings. The minimum absolute atomic E-state index is 0.281. The standard InChI is InChI=1S/C12H15N2O7P/c13-12(16)8-2-1-3-14(5-8)11-4-9(6-15)10(21-11)7-20-22(17,18)19/h1-3,5-6,9-11H,4,7H2,(H3-,13,16,17,18,19)/p+1/t9?,10-,11-/m1/s1. The van der Waals surface area contributed by atoms with Gasteiger partial charge < -0.3 is 25.1 Å². The van der Waals surface area contributed by atoms with E-state index in [1.54, 1.807) is 22.9 Å². The van der Waals surface area contributed by atoms with E-state index >= 15 is 0 Å². The van der Waals surface area contributed by atoms with Crippen molar-refractivity contribution in [1.29, 1.82) is 0 Å². The lowest BCUT2D eigenvalue weighted by Crippen LogP contribution is -2.40. The van der Waals surface area contributed by atoms with Gasteiger partial charge in [-0.2, -0.15) is 4.57 Å². The first-order chi connectivity index (χ1) is 10.3. The topological polar surface area (TPSA) is 140 Å². The number of amides is 1. The minimum atomic E-state index is -4.63. The van der Waals surface area contributed by atoms with Crippen LogP contribution in [-0.4, -0.2) is 34.7 Å². The lowest BCUT2D eigenvalue weighted by molar-refractivity contribution is -0.759. The molecule has 4 N–H and O–H groups in total. The fourth-order valence-corrected chi connectivity index (χ4v) is 2.57. The molecule has 120 valence electrons. The number of phosphoric acid groups is 1. The zero-order valence-corrected chi connectivity index (χ0v) is 12.3. The number of hydrogen-bond acceptors (Lipinski definition) is 5. The molecule has 9 nitrogen and oxygen atoms in total. The molecule has 1 aromatic rings. The molecule has 0 aliphatic carbocycles. The van der Waals surface area contributed by atoms with Gasteiger partial charge in [0.15, 0.2) is 12.4 Å². The van der Waals surface area contributed by atoms with E-state index in [4.69, 9.17) is 20.3 Å². The number of hydrogen-bond donors (Lipinski definition) is 3. The van der Waals surface area contributed by atoms with Gasteiger partial charge in [-0.15, -0.1) is 0 Å². The first kappa shape index (κ1) is 16.7. The number of nitrogens with zero attached hydrogens (tertiary/aromatic N) is 1. The summed E-state index contributed by atoms with van der Waals surface area (Å²) in [7, 11) is -4.63. The lowest BCUT2D eigenvalue weighted by atomic mass is 10.0. The van der Waals surface area contributed by atoms with Crippen LogP contribution in [0.2, 0.25) is 0 Å². The number of ether oxygens (including phenoxy) is 1. The van der Waals surface area contributed by atoms with E-state index in [9.17, 15) is 14.2 Å². The summed E-state index contributed by atoms with van der Waals surface area (Å²) in [5, 5.41) is 0. The Balaban J connectivity index is 2.11. The third-order valence-electron chi connectivity index (χ3n) is 3.30. The maximum absolute atomic E-state index is 11.2. The highest BCUT2D eigenvalue weighted by Gasteiger charge is 2.41. The highest BCUT2D eigenvalue weighted by Crippen LogP contribution is 2.38. The van der Waals surface area contributed by atoms with Gasteiger partial charge in [-0.3, -0.25) is 9.32 Å². The number of aromatic nitrogens is 1. The van der Waals surface area contributed by atoms with E-state index in [1.807, 2.05) is 0 Å². The van der Waals surface area contributed by atoms with Crippen LogP contribution in [0.3, 0.4) is 0 Å². The van der Waals surface area contributed by atoms with Crippen LogP contribution < -0.4 is 10.3 Å². The van der Waals surface area contributed by atoms with Crippen LogP contribution in [0.4, 0.5) is 0 Å². The highest BCUT2D eigenvalue weighted by atomic mass is 31.2. The molecule has 1 unspecified atom stereocenters. The van der Waals surface area contributed by atoms with E-state index in [0.29, 0.717) is 12.7 Å². The molecular weight excluding hydrogens is 315 g/mol. The predicted molar refractivity (Wildman–Crippen MR) is 71.2 cm³/mol. The van der Waals surface area contributed by atoms with E-state index in [0.717, 1.165) is 0 Å². The fraction of sp³-hybridized carbons (Fsp3) is 0.417. The largest absolute Gasteiger partial charge is 0.469 e. The van der Waals surface area contributed by atoms with Crippen molar-refractivity contribution in [2.75, 3.05) is 6.61 Å². The summed E-state index contributed by atoms with van der Waals surface area (Å²) in [6.07, 6.45) is 2.75. The molecule has 0 aromatic carbocycles. The van der Waals surface area contributed by atoms with Crippen LogP contribution in [0.25, 0.3) is 0 Å². The van der Waals surface area contributed by atoms with Gasteiger partial charge in [-0.1, -0.05) is 0 Å². The summed E-state index contributed by atoms with van der Waals surface area (Å²) >= 11 is 0. The Kier molecular flexibility index (Phi) is 5.05. The summed E-state index contributed by atoms with van der Waals surface area (Å²) in [5.74, 6) is -1.16. The molecule has 2 rings (SSSR count). The van der Waals surface area contributed by atoms with Gasteiger partial charge in [0, 0.05) is 12.5 Å². The molecule has 0 bridgehead atoms. The quantitative estimate of drug-likeness (QED) is 0.355. The molecule has 1 saturated heterocycles. The Bertz CT molecular complexity index is 617. The Morgan fingerprint density at radius 2 is 2.32 bits per heavy atom. The number of pyridine rings is 1. The number of nitrogens with two attached hydrogens (primary N) is 1. The van der Waals surface area contributed by atoms with Crippen molar-refractivity contribution < 1.29 is 37.8 Å². The number of carbonyl (C=O) groups is 2. The summed E-state index contributed by atoms with van der Waals surface area (Å²) in [5.41, 5.74) is 5.48. The van der Waals surface area contributed by atoms with Crippen LogP contribution in [0, 0.1) is 5.92 Å². The Morgan fingerprint density at radius 3 is 2.91 bits per heavy atom. The van der Waals surface area contributed by atoms with Crippen molar-refractivity contribution in [3.8, 4) is 0 Å². The predicted octanol–water partition coefficient (Wildman–Crippen LogP) is -0.715.